The van der Waals surface area contributed by atoms with E-state index in [9.17, 15) is 14.7 Å². The van der Waals surface area contributed by atoms with Crippen LogP contribution in [0.3, 0.4) is 0 Å². The number of aromatic carboxylic acids is 1. The monoisotopic (exact) mass is 469 g/mol. The average molecular weight is 470 g/mol. The van der Waals surface area contributed by atoms with Crippen molar-refractivity contribution < 1.29 is 14.7 Å². The summed E-state index contributed by atoms with van der Waals surface area (Å²) in [5, 5.41) is 15.7. The summed E-state index contributed by atoms with van der Waals surface area (Å²) in [6, 6.07) is 20.2. The van der Waals surface area contributed by atoms with Gasteiger partial charge in [-0.1, -0.05) is 42.0 Å². The van der Waals surface area contributed by atoms with Gasteiger partial charge in [-0.2, -0.15) is 0 Å². The summed E-state index contributed by atoms with van der Waals surface area (Å²) in [7, 11) is 0. The van der Waals surface area contributed by atoms with Gasteiger partial charge in [-0.3, -0.25) is 0 Å². The van der Waals surface area contributed by atoms with Crippen LogP contribution in [0.5, 0.6) is 0 Å². The van der Waals surface area contributed by atoms with E-state index in [0.29, 0.717) is 23.1 Å². The van der Waals surface area contributed by atoms with Crippen LogP contribution in [0.2, 0.25) is 0 Å². The van der Waals surface area contributed by atoms with E-state index in [4.69, 9.17) is 0 Å². The van der Waals surface area contributed by atoms with Crippen molar-refractivity contribution in [3.05, 3.63) is 77.9 Å². The summed E-state index contributed by atoms with van der Waals surface area (Å²) in [6.45, 7) is 3.97. The number of aryl methyl sites for hydroxylation is 1. The minimum atomic E-state index is -0.972. The van der Waals surface area contributed by atoms with Crippen LogP contribution in [0.4, 0.5) is 21.9 Å². The van der Waals surface area contributed by atoms with Crippen LogP contribution < -0.4 is 15.5 Å². The fraction of sp³-hybridized carbons (Fsp3) is 0.310. The number of carbonyl (C=O) groups excluding carboxylic acids is 1. The van der Waals surface area contributed by atoms with E-state index in [1.807, 2.05) is 55.5 Å². The highest BCUT2D eigenvalue weighted by Crippen LogP contribution is 2.39. The zero-order valence-electron chi connectivity index (χ0n) is 20.0. The van der Waals surface area contributed by atoms with E-state index in [0.717, 1.165) is 35.6 Å². The molecule has 35 heavy (non-hydrogen) atoms. The molecule has 0 saturated heterocycles. The number of hydrogen-bond donors (Lipinski definition) is 3. The number of anilines is 3. The van der Waals surface area contributed by atoms with E-state index < -0.39 is 5.97 Å². The van der Waals surface area contributed by atoms with E-state index in [1.165, 1.54) is 25.7 Å². The molecule has 0 radical (unpaired) electrons. The van der Waals surface area contributed by atoms with Gasteiger partial charge in [-0.25, -0.2) is 9.59 Å². The second-order valence-corrected chi connectivity index (χ2v) is 9.82. The van der Waals surface area contributed by atoms with Gasteiger partial charge in [-0.15, -0.1) is 0 Å². The smallest absolute Gasteiger partial charge is 0.336 e. The summed E-state index contributed by atoms with van der Waals surface area (Å²) >= 11 is 0. The number of urea groups is 1. The van der Waals surface area contributed by atoms with Gasteiger partial charge in [-0.05, 0) is 85.9 Å². The molecule has 180 valence electrons. The third-order valence-corrected chi connectivity index (χ3v) is 6.71. The standard InChI is InChI=1S/C29H31N3O3/c1-19-6-13-23(14-7-19)30-29(35)31-26-16-22(24-4-2-3-5-25(24)28(33)34)12-15-27(26)32(17-20-8-9-20)18-21-10-11-21/h2-7,12-16,20-21H,8-11,17-18H2,1H3,(H,33,34)(H2,30,31,35). The first-order chi connectivity index (χ1) is 17.0. The van der Waals surface area contributed by atoms with E-state index in [1.54, 1.807) is 18.2 Å². The number of nitrogens with zero attached hydrogens (tertiary/aromatic N) is 1. The fourth-order valence-electron chi connectivity index (χ4n) is 4.42. The van der Waals surface area contributed by atoms with Crippen LogP contribution in [-0.2, 0) is 0 Å². The summed E-state index contributed by atoms with van der Waals surface area (Å²) in [5.41, 5.74) is 5.14. The number of hydrogen-bond acceptors (Lipinski definition) is 3. The van der Waals surface area contributed by atoms with Gasteiger partial charge in [0.25, 0.3) is 0 Å². The Morgan fingerprint density at radius 2 is 1.54 bits per heavy atom. The number of nitrogens with one attached hydrogen (secondary N) is 2. The maximum atomic E-state index is 13.0. The molecule has 3 aromatic carbocycles. The van der Waals surface area contributed by atoms with Crippen molar-refractivity contribution in [2.45, 2.75) is 32.6 Å². The second-order valence-electron chi connectivity index (χ2n) is 9.82. The van der Waals surface area contributed by atoms with Crippen LogP contribution in [0.1, 0.15) is 41.6 Å². The molecule has 0 atom stereocenters. The van der Waals surface area contributed by atoms with Crippen molar-refractivity contribution in [1.82, 2.24) is 0 Å². The Morgan fingerprint density at radius 3 is 2.17 bits per heavy atom. The van der Waals surface area contributed by atoms with Crippen LogP contribution in [0.15, 0.2) is 66.7 Å². The first-order valence-electron chi connectivity index (χ1n) is 12.3. The van der Waals surface area contributed by atoms with E-state index in [2.05, 4.69) is 15.5 Å². The Bertz CT molecular complexity index is 1220. The number of amides is 2. The zero-order chi connectivity index (χ0) is 24.4. The Kier molecular flexibility index (Phi) is 6.45. The summed E-state index contributed by atoms with van der Waals surface area (Å²) in [6.07, 6.45) is 5.01. The normalized spacial score (nSPS) is 14.9. The zero-order valence-corrected chi connectivity index (χ0v) is 20.0. The molecule has 2 saturated carbocycles. The van der Waals surface area contributed by atoms with Gasteiger partial charge in [0.15, 0.2) is 0 Å². The lowest BCUT2D eigenvalue weighted by Crippen LogP contribution is -2.30. The lowest BCUT2D eigenvalue weighted by atomic mass is 9.98. The Morgan fingerprint density at radius 1 is 0.886 bits per heavy atom. The molecular formula is C29H31N3O3. The molecule has 6 heteroatoms. The quantitative estimate of drug-likeness (QED) is 0.328. The molecule has 0 spiro atoms. The molecule has 0 heterocycles. The lowest BCUT2D eigenvalue weighted by Gasteiger charge is -2.28. The number of carbonyl (C=O) groups is 2. The fourth-order valence-corrected chi connectivity index (χ4v) is 4.42. The number of benzene rings is 3. The van der Waals surface area contributed by atoms with Crippen molar-refractivity contribution >= 4 is 29.1 Å². The van der Waals surface area contributed by atoms with Crippen molar-refractivity contribution in [1.29, 1.82) is 0 Å². The van der Waals surface area contributed by atoms with Gasteiger partial charge >= 0.3 is 12.0 Å². The number of carboxylic acids is 1. The number of carboxylic acid groups (broad SMARTS) is 1. The molecule has 0 aromatic heterocycles. The second kappa shape index (κ2) is 9.82. The van der Waals surface area contributed by atoms with Gasteiger partial charge in [0, 0.05) is 18.8 Å². The van der Waals surface area contributed by atoms with E-state index >= 15 is 0 Å². The minimum absolute atomic E-state index is 0.239. The highest BCUT2D eigenvalue weighted by molar-refractivity contribution is 6.03. The van der Waals surface area contributed by atoms with Gasteiger partial charge in [0.2, 0.25) is 0 Å². The molecule has 0 unspecified atom stereocenters. The van der Waals surface area contributed by atoms with Crippen molar-refractivity contribution in [2.24, 2.45) is 11.8 Å². The van der Waals surface area contributed by atoms with Crippen LogP contribution in [0.25, 0.3) is 11.1 Å². The molecule has 6 nitrogen and oxygen atoms in total. The largest absolute Gasteiger partial charge is 0.478 e. The predicted octanol–water partition coefficient (Wildman–Crippen LogP) is 6.63. The lowest BCUT2D eigenvalue weighted by molar-refractivity contribution is 0.0697. The molecule has 3 N–H and O–H groups in total. The van der Waals surface area contributed by atoms with Crippen LogP contribution in [-0.4, -0.2) is 30.2 Å². The first kappa shape index (κ1) is 23.0. The van der Waals surface area contributed by atoms with Crippen molar-refractivity contribution in [3.63, 3.8) is 0 Å². The Labute approximate surface area is 206 Å². The molecule has 2 fully saturated rings. The first-order valence-corrected chi connectivity index (χ1v) is 12.3. The van der Waals surface area contributed by atoms with Crippen molar-refractivity contribution in [3.8, 4) is 11.1 Å². The maximum Gasteiger partial charge on any atom is 0.336 e. The third-order valence-electron chi connectivity index (χ3n) is 6.71. The van der Waals surface area contributed by atoms with Gasteiger partial charge in [0.05, 0.1) is 16.9 Å². The average Bonchev–Trinajstić information content (AvgIpc) is 3.77. The Balaban J connectivity index is 1.48. The highest BCUT2D eigenvalue weighted by atomic mass is 16.4. The third kappa shape index (κ3) is 5.83. The molecule has 2 aliphatic carbocycles. The maximum absolute atomic E-state index is 13.0. The molecule has 3 aromatic rings. The molecule has 2 aliphatic rings. The molecule has 5 rings (SSSR count). The minimum Gasteiger partial charge on any atom is -0.478 e. The molecule has 2 amide bonds. The molecule has 0 aliphatic heterocycles. The van der Waals surface area contributed by atoms with Gasteiger partial charge in [0.1, 0.15) is 0 Å². The molecular weight excluding hydrogens is 438 g/mol. The van der Waals surface area contributed by atoms with Gasteiger partial charge < -0.3 is 20.6 Å². The van der Waals surface area contributed by atoms with Crippen molar-refractivity contribution in [2.75, 3.05) is 28.6 Å². The summed E-state index contributed by atoms with van der Waals surface area (Å²) in [4.78, 5) is 27.2. The number of rotatable bonds is 9. The van der Waals surface area contributed by atoms with E-state index in [-0.39, 0.29) is 11.6 Å². The SMILES string of the molecule is Cc1ccc(NC(=O)Nc2cc(-c3ccccc3C(=O)O)ccc2N(CC2CC2)CC2CC2)cc1. The summed E-state index contributed by atoms with van der Waals surface area (Å²) in [5.74, 6) is 0.436. The topological polar surface area (TPSA) is 81.7 Å². The highest BCUT2D eigenvalue weighted by Gasteiger charge is 2.30. The van der Waals surface area contributed by atoms with Crippen LogP contribution in [0, 0.1) is 18.8 Å². The van der Waals surface area contributed by atoms with Crippen LogP contribution >= 0.6 is 0 Å². The molecule has 0 bridgehead atoms. The summed E-state index contributed by atoms with van der Waals surface area (Å²) < 4.78 is 0. The Hall–Kier alpha value is -3.80. The predicted molar refractivity (Wildman–Crippen MR) is 140 cm³/mol.